The molecule has 2 aliphatic heterocycles. The topological polar surface area (TPSA) is 56.8 Å². The van der Waals surface area contributed by atoms with E-state index in [0.717, 1.165) is 70.8 Å². The molecule has 0 unspecified atom stereocenters. The molecular formula is C23H34N4O2. The van der Waals surface area contributed by atoms with Gasteiger partial charge in [-0.1, -0.05) is 25.3 Å². The highest BCUT2D eigenvalue weighted by Gasteiger charge is 2.31. The molecule has 1 aliphatic carbocycles. The van der Waals surface area contributed by atoms with E-state index in [2.05, 4.69) is 14.8 Å². The molecule has 0 atom stereocenters. The first-order chi connectivity index (χ1) is 14.2. The van der Waals surface area contributed by atoms with Gasteiger partial charge in [-0.15, -0.1) is 0 Å². The number of carbonyl (C=O) groups is 2. The molecule has 3 aliphatic rings. The highest BCUT2D eigenvalue weighted by Crippen LogP contribution is 2.28. The minimum Gasteiger partial charge on any atom is -0.353 e. The molecule has 0 spiro atoms. The van der Waals surface area contributed by atoms with Gasteiger partial charge in [-0.2, -0.15) is 0 Å². The lowest BCUT2D eigenvalue weighted by atomic mass is 9.86. The van der Waals surface area contributed by atoms with Gasteiger partial charge in [-0.25, -0.2) is 4.98 Å². The molecule has 158 valence electrons. The van der Waals surface area contributed by atoms with Crippen LogP contribution in [0.15, 0.2) is 24.4 Å². The van der Waals surface area contributed by atoms with Crippen molar-refractivity contribution in [3.05, 3.63) is 24.4 Å². The van der Waals surface area contributed by atoms with E-state index in [1.165, 1.54) is 19.3 Å². The smallest absolute Gasteiger partial charge is 0.225 e. The average Bonchev–Trinajstić information content (AvgIpc) is 2.80. The van der Waals surface area contributed by atoms with E-state index in [0.29, 0.717) is 18.2 Å². The van der Waals surface area contributed by atoms with Crippen LogP contribution in [0, 0.1) is 11.8 Å². The Labute approximate surface area is 174 Å². The fourth-order valence-electron chi connectivity index (χ4n) is 5.07. The van der Waals surface area contributed by atoms with Crippen LogP contribution >= 0.6 is 0 Å². The third-order valence-electron chi connectivity index (χ3n) is 6.95. The number of amides is 2. The summed E-state index contributed by atoms with van der Waals surface area (Å²) in [6.45, 7) is 4.90. The lowest BCUT2D eigenvalue weighted by Crippen LogP contribution is -2.49. The van der Waals surface area contributed by atoms with Crippen molar-refractivity contribution in [1.82, 2.24) is 14.8 Å². The summed E-state index contributed by atoms with van der Waals surface area (Å²) in [5.74, 6) is 2.33. The SMILES string of the molecule is O=C(CC1CCN(C(=O)C2CCCCC2)CC1)N1CCN(c2ccccn2)CC1. The van der Waals surface area contributed by atoms with Gasteiger partial charge in [-0.3, -0.25) is 9.59 Å². The molecule has 0 radical (unpaired) electrons. The fraction of sp³-hybridized carbons (Fsp3) is 0.696. The van der Waals surface area contributed by atoms with Crippen molar-refractivity contribution in [2.45, 2.75) is 51.4 Å². The highest BCUT2D eigenvalue weighted by molar-refractivity contribution is 5.79. The number of pyridine rings is 1. The average molecular weight is 399 g/mol. The van der Waals surface area contributed by atoms with Crippen LogP contribution in [0.5, 0.6) is 0 Å². The van der Waals surface area contributed by atoms with Gasteiger partial charge in [0.05, 0.1) is 0 Å². The summed E-state index contributed by atoms with van der Waals surface area (Å²) in [5, 5.41) is 0. The van der Waals surface area contributed by atoms with E-state index >= 15 is 0 Å². The number of rotatable bonds is 4. The summed E-state index contributed by atoms with van der Waals surface area (Å²) >= 11 is 0. The summed E-state index contributed by atoms with van der Waals surface area (Å²) in [6, 6.07) is 5.96. The second-order valence-electron chi connectivity index (χ2n) is 8.86. The van der Waals surface area contributed by atoms with Gasteiger partial charge in [0.2, 0.25) is 11.8 Å². The lowest BCUT2D eigenvalue weighted by Gasteiger charge is -2.38. The van der Waals surface area contributed by atoms with Gasteiger partial charge >= 0.3 is 0 Å². The maximum absolute atomic E-state index is 12.8. The largest absolute Gasteiger partial charge is 0.353 e. The Morgan fingerprint density at radius 2 is 1.59 bits per heavy atom. The van der Waals surface area contributed by atoms with Gasteiger partial charge in [-0.05, 0) is 43.7 Å². The maximum atomic E-state index is 12.8. The third kappa shape index (κ3) is 5.09. The summed E-state index contributed by atoms with van der Waals surface area (Å²) in [4.78, 5) is 36.2. The van der Waals surface area contributed by atoms with Crippen LogP contribution < -0.4 is 4.90 Å². The molecule has 1 saturated carbocycles. The van der Waals surface area contributed by atoms with Gasteiger partial charge < -0.3 is 14.7 Å². The van der Waals surface area contributed by atoms with Gasteiger partial charge in [0.1, 0.15) is 5.82 Å². The Morgan fingerprint density at radius 1 is 0.862 bits per heavy atom. The van der Waals surface area contributed by atoms with E-state index in [4.69, 9.17) is 0 Å². The van der Waals surface area contributed by atoms with Crippen LogP contribution in [0.3, 0.4) is 0 Å². The standard InChI is InChI=1S/C23H34N4O2/c28-22(26-16-14-25(15-17-26)21-8-4-5-11-24-21)18-19-9-12-27(13-10-19)23(29)20-6-2-1-3-7-20/h4-5,8,11,19-20H,1-3,6-7,9-10,12-18H2. The first-order valence-electron chi connectivity index (χ1n) is 11.4. The monoisotopic (exact) mass is 398 g/mol. The van der Waals surface area contributed by atoms with Crippen molar-refractivity contribution in [2.24, 2.45) is 11.8 Å². The first kappa shape index (κ1) is 20.2. The number of piperidine rings is 1. The number of hydrogen-bond acceptors (Lipinski definition) is 4. The molecule has 1 aromatic rings. The van der Waals surface area contributed by atoms with E-state index in [1.807, 2.05) is 29.3 Å². The van der Waals surface area contributed by atoms with E-state index in [1.54, 1.807) is 0 Å². The molecule has 0 N–H and O–H groups in total. The van der Waals surface area contributed by atoms with Gasteiger partial charge in [0, 0.05) is 57.8 Å². The number of anilines is 1. The summed E-state index contributed by atoms with van der Waals surface area (Å²) in [7, 11) is 0. The van der Waals surface area contributed by atoms with Crippen molar-refractivity contribution in [2.75, 3.05) is 44.2 Å². The molecule has 0 aromatic carbocycles. The summed E-state index contributed by atoms with van der Waals surface area (Å²) < 4.78 is 0. The number of likely N-dealkylation sites (tertiary alicyclic amines) is 1. The van der Waals surface area contributed by atoms with Crippen LogP contribution in [-0.4, -0.2) is 65.9 Å². The van der Waals surface area contributed by atoms with E-state index in [-0.39, 0.29) is 11.8 Å². The third-order valence-corrected chi connectivity index (χ3v) is 6.95. The summed E-state index contributed by atoms with van der Waals surface area (Å²) in [6.07, 6.45) is 10.2. The molecule has 29 heavy (non-hydrogen) atoms. The first-order valence-corrected chi connectivity index (χ1v) is 11.4. The summed E-state index contributed by atoms with van der Waals surface area (Å²) in [5.41, 5.74) is 0. The lowest BCUT2D eigenvalue weighted by molar-refractivity contribution is -0.138. The Balaban J connectivity index is 1.19. The molecule has 4 rings (SSSR count). The molecule has 3 fully saturated rings. The van der Waals surface area contributed by atoms with Crippen molar-refractivity contribution in [3.63, 3.8) is 0 Å². The molecule has 6 nitrogen and oxygen atoms in total. The zero-order valence-corrected chi connectivity index (χ0v) is 17.5. The van der Waals surface area contributed by atoms with Crippen LogP contribution in [0.25, 0.3) is 0 Å². The van der Waals surface area contributed by atoms with Crippen molar-refractivity contribution < 1.29 is 9.59 Å². The van der Waals surface area contributed by atoms with Crippen molar-refractivity contribution >= 4 is 17.6 Å². The quantitative estimate of drug-likeness (QED) is 0.783. The molecular weight excluding hydrogens is 364 g/mol. The van der Waals surface area contributed by atoms with Crippen LogP contribution in [0.4, 0.5) is 5.82 Å². The Hall–Kier alpha value is -2.11. The Bertz CT molecular complexity index is 673. The van der Waals surface area contributed by atoms with Gasteiger partial charge in [0.25, 0.3) is 0 Å². The maximum Gasteiger partial charge on any atom is 0.225 e. The number of carbonyl (C=O) groups excluding carboxylic acids is 2. The molecule has 1 aromatic heterocycles. The second-order valence-corrected chi connectivity index (χ2v) is 8.86. The molecule has 2 amide bonds. The van der Waals surface area contributed by atoms with Crippen LogP contribution in [-0.2, 0) is 9.59 Å². The van der Waals surface area contributed by atoms with E-state index < -0.39 is 0 Å². The molecule has 2 saturated heterocycles. The zero-order chi connectivity index (χ0) is 20.1. The Kier molecular flexibility index (Phi) is 6.67. The van der Waals surface area contributed by atoms with E-state index in [9.17, 15) is 9.59 Å². The zero-order valence-electron chi connectivity index (χ0n) is 17.5. The van der Waals surface area contributed by atoms with Crippen LogP contribution in [0.1, 0.15) is 51.4 Å². The predicted octanol–water partition coefficient (Wildman–Crippen LogP) is 2.94. The Morgan fingerprint density at radius 3 is 2.24 bits per heavy atom. The minimum absolute atomic E-state index is 0.261. The van der Waals surface area contributed by atoms with Crippen molar-refractivity contribution in [1.29, 1.82) is 0 Å². The number of nitrogens with zero attached hydrogens (tertiary/aromatic N) is 4. The number of piperazine rings is 1. The molecule has 3 heterocycles. The normalized spacial score (nSPS) is 22.0. The fourth-order valence-corrected chi connectivity index (χ4v) is 5.07. The van der Waals surface area contributed by atoms with Crippen molar-refractivity contribution in [3.8, 4) is 0 Å². The predicted molar refractivity (Wildman–Crippen MR) is 114 cm³/mol. The molecule has 0 bridgehead atoms. The highest BCUT2D eigenvalue weighted by atomic mass is 16.2. The molecule has 6 heteroatoms. The van der Waals surface area contributed by atoms with Gasteiger partial charge in [0.15, 0.2) is 0 Å². The van der Waals surface area contributed by atoms with Crippen LogP contribution in [0.2, 0.25) is 0 Å². The number of aromatic nitrogens is 1. The second kappa shape index (κ2) is 9.59. The minimum atomic E-state index is 0.261. The number of hydrogen-bond donors (Lipinski definition) is 0.